The standard InChI is InChI=1S/C15H20BrN5/c1-10-3-4-12(13(16)9-10)14-18-15(20-19-14)21-7-5-11(17-2)6-8-21/h3-4,9,11,17H,5-8H2,1-2H3,(H,18,19,20). The number of aryl methyl sites for hydroxylation is 1. The summed E-state index contributed by atoms with van der Waals surface area (Å²) in [5.74, 6) is 1.61. The predicted octanol–water partition coefficient (Wildman–Crippen LogP) is 2.73. The fourth-order valence-corrected chi connectivity index (χ4v) is 3.38. The molecule has 0 unspecified atom stereocenters. The van der Waals surface area contributed by atoms with Gasteiger partial charge >= 0.3 is 0 Å². The van der Waals surface area contributed by atoms with Crippen LogP contribution in [0.3, 0.4) is 0 Å². The lowest BCUT2D eigenvalue weighted by atomic mass is 10.1. The highest BCUT2D eigenvalue weighted by Crippen LogP contribution is 2.28. The molecule has 1 aromatic heterocycles. The van der Waals surface area contributed by atoms with E-state index in [1.807, 2.05) is 7.05 Å². The number of aromatic nitrogens is 3. The molecule has 0 saturated carbocycles. The van der Waals surface area contributed by atoms with Crippen LogP contribution in [0.5, 0.6) is 0 Å². The molecule has 0 atom stereocenters. The normalized spacial score (nSPS) is 16.4. The van der Waals surface area contributed by atoms with Gasteiger partial charge in [-0.15, -0.1) is 5.10 Å². The maximum absolute atomic E-state index is 4.65. The molecule has 0 aliphatic carbocycles. The molecule has 5 nitrogen and oxygen atoms in total. The summed E-state index contributed by atoms with van der Waals surface area (Å²) in [5, 5.41) is 10.8. The monoisotopic (exact) mass is 349 g/mol. The van der Waals surface area contributed by atoms with Crippen molar-refractivity contribution in [1.82, 2.24) is 20.5 Å². The number of hydrogen-bond acceptors (Lipinski definition) is 4. The first-order chi connectivity index (χ1) is 10.2. The van der Waals surface area contributed by atoms with Gasteiger partial charge in [0.05, 0.1) is 0 Å². The summed E-state index contributed by atoms with van der Waals surface area (Å²) in [5.41, 5.74) is 2.27. The number of nitrogens with zero attached hydrogens (tertiary/aromatic N) is 3. The maximum atomic E-state index is 4.65. The molecule has 0 bridgehead atoms. The minimum absolute atomic E-state index is 0.617. The van der Waals surface area contributed by atoms with Crippen molar-refractivity contribution in [2.24, 2.45) is 0 Å². The van der Waals surface area contributed by atoms with Crippen LogP contribution in [0.15, 0.2) is 22.7 Å². The van der Waals surface area contributed by atoms with Gasteiger partial charge in [-0.1, -0.05) is 22.0 Å². The number of anilines is 1. The Hall–Kier alpha value is -1.40. The highest BCUT2D eigenvalue weighted by Gasteiger charge is 2.21. The molecule has 1 aliphatic rings. The number of aromatic amines is 1. The first-order valence-corrected chi connectivity index (χ1v) is 8.08. The minimum atomic E-state index is 0.617. The third kappa shape index (κ3) is 3.11. The summed E-state index contributed by atoms with van der Waals surface area (Å²) in [6.07, 6.45) is 2.27. The molecule has 3 rings (SSSR count). The van der Waals surface area contributed by atoms with E-state index in [4.69, 9.17) is 0 Å². The van der Waals surface area contributed by atoms with Gasteiger partial charge in [0.1, 0.15) is 0 Å². The molecular weight excluding hydrogens is 330 g/mol. The van der Waals surface area contributed by atoms with Gasteiger partial charge in [0.2, 0.25) is 5.95 Å². The highest BCUT2D eigenvalue weighted by atomic mass is 79.9. The van der Waals surface area contributed by atoms with E-state index in [-0.39, 0.29) is 0 Å². The van der Waals surface area contributed by atoms with Gasteiger partial charge in [-0.25, -0.2) is 0 Å². The zero-order valence-electron chi connectivity index (χ0n) is 12.4. The lowest BCUT2D eigenvalue weighted by Gasteiger charge is -2.30. The number of hydrogen-bond donors (Lipinski definition) is 2. The molecule has 2 heterocycles. The lowest BCUT2D eigenvalue weighted by molar-refractivity contribution is 0.439. The Labute approximate surface area is 133 Å². The predicted molar refractivity (Wildman–Crippen MR) is 88.6 cm³/mol. The number of halogens is 1. The average molecular weight is 350 g/mol. The van der Waals surface area contributed by atoms with E-state index < -0.39 is 0 Å². The van der Waals surface area contributed by atoms with Crippen molar-refractivity contribution in [2.75, 3.05) is 25.0 Å². The van der Waals surface area contributed by atoms with Crippen LogP contribution in [-0.4, -0.2) is 41.4 Å². The molecule has 0 radical (unpaired) electrons. The number of H-pyrrole nitrogens is 1. The molecular formula is C15H20BrN5. The molecule has 0 spiro atoms. The number of rotatable bonds is 3. The Morgan fingerprint density at radius 3 is 2.76 bits per heavy atom. The third-order valence-corrected chi connectivity index (χ3v) is 4.70. The lowest BCUT2D eigenvalue weighted by Crippen LogP contribution is -2.41. The van der Waals surface area contributed by atoms with Crippen molar-refractivity contribution in [3.05, 3.63) is 28.2 Å². The summed E-state index contributed by atoms with van der Waals surface area (Å²) in [6.45, 7) is 4.07. The van der Waals surface area contributed by atoms with Gasteiger partial charge in [0.25, 0.3) is 0 Å². The number of benzene rings is 1. The van der Waals surface area contributed by atoms with E-state index in [9.17, 15) is 0 Å². The van der Waals surface area contributed by atoms with Gasteiger partial charge in [0.15, 0.2) is 5.82 Å². The summed E-state index contributed by atoms with van der Waals surface area (Å²) < 4.78 is 1.04. The summed E-state index contributed by atoms with van der Waals surface area (Å²) in [4.78, 5) is 6.90. The van der Waals surface area contributed by atoms with E-state index in [1.54, 1.807) is 0 Å². The van der Waals surface area contributed by atoms with Gasteiger partial charge in [-0.2, -0.15) is 4.98 Å². The van der Waals surface area contributed by atoms with Crippen LogP contribution in [0.2, 0.25) is 0 Å². The van der Waals surface area contributed by atoms with Crippen molar-refractivity contribution in [3.8, 4) is 11.4 Å². The molecule has 1 fully saturated rings. The number of piperidine rings is 1. The molecule has 112 valence electrons. The van der Waals surface area contributed by atoms with Crippen molar-refractivity contribution in [3.63, 3.8) is 0 Å². The fraction of sp³-hybridized carbons (Fsp3) is 0.467. The summed E-state index contributed by atoms with van der Waals surface area (Å²) in [7, 11) is 2.03. The van der Waals surface area contributed by atoms with E-state index in [2.05, 4.69) is 66.5 Å². The molecule has 2 N–H and O–H groups in total. The fourth-order valence-electron chi connectivity index (χ4n) is 2.70. The van der Waals surface area contributed by atoms with E-state index >= 15 is 0 Å². The largest absolute Gasteiger partial charge is 0.339 e. The van der Waals surface area contributed by atoms with E-state index in [0.29, 0.717) is 6.04 Å². The topological polar surface area (TPSA) is 56.8 Å². The molecule has 21 heavy (non-hydrogen) atoms. The molecule has 1 aliphatic heterocycles. The smallest absolute Gasteiger partial charge is 0.245 e. The molecule has 1 saturated heterocycles. The Morgan fingerprint density at radius 1 is 1.33 bits per heavy atom. The second-order valence-electron chi connectivity index (χ2n) is 5.52. The first kappa shape index (κ1) is 14.5. The van der Waals surface area contributed by atoms with Crippen LogP contribution >= 0.6 is 15.9 Å². The SMILES string of the molecule is CNC1CCN(c2n[nH]c(-c3ccc(C)cc3Br)n2)CC1. The number of nitrogens with one attached hydrogen (secondary N) is 2. The molecule has 1 aromatic carbocycles. The van der Waals surface area contributed by atoms with Gasteiger partial charge in [-0.05, 0) is 44.5 Å². The molecule has 6 heteroatoms. The van der Waals surface area contributed by atoms with Crippen LogP contribution in [0.4, 0.5) is 5.95 Å². The minimum Gasteiger partial charge on any atom is -0.339 e. The van der Waals surface area contributed by atoms with Crippen LogP contribution in [0.25, 0.3) is 11.4 Å². The Bertz CT molecular complexity index is 616. The maximum Gasteiger partial charge on any atom is 0.245 e. The van der Waals surface area contributed by atoms with Crippen molar-refractivity contribution in [2.45, 2.75) is 25.8 Å². The van der Waals surface area contributed by atoms with Gasteiger partial charge < -0.3 is 10.2 Å². The van der Waals surface area contributed by atoms with Crippen molar-refractivity contribution < 1.29 is 0 Å². The van der Waals surface area contributed by atoms with Crippen LogP contribution in [-0.2, 0) is 0 Å². The molecule has 0 amide bonds. The second kappa shape index (κ2) is 6.15. The summed E-state index contributed by atoms with van der Waals surface area (Å²) >= 11 is 3.60. The van der Waals surface area contributed by atoms with Gasteiger partial charge in [0, 0.05) is 29.2 Å². The quantitative estimate of drug-likeness (QED) is 0.894. The Balaban J connectivity index is 1.77. The van der Waals surface area contributed by atoms with Crippen LogP contribution < -0.4 is 10.2 Å². The first-order valence-electron chi connectivity index (χ1n) is 7.28. The zero-order chi connectivity index (χ0) is 14.8. The molecule has 2 aromatic rings. The zero-order valence-corrected chi connectivity index (χ0v) is 13.9. The average Bonchev–Trinajstić information content (AvgIpc) is 2.97. The highest BCUT2D eigenvalue weighted by molar-refractivity contribution is 9.10. The van der Waals surface area contributed by atoms with Gasteiger partial charge in [-0.3, -0.25) is 5.10 Å². The third-order valence-electron chi connectivity index (χ3n) is 4.04. The Kier molecular flexibility index (Phi) is 4.26. The van der Waals surface area contributed by atoms with Crippen LogP contribution in [0.1, 0.15) is 18.4 Å². The van der Waals surface area contributed by atoms with E-state index in [0.717, 1.165) is 47.7 Å². The van der Waals surface area contributed by atoms with Crippen molar-refractivity contribution >= 4 is 21.9 Å². The Morgan fingerprint density at radius 2 is 2.10 bits per heavy atom. The van der Waals surface area contributed by atoms with E-state index in [1.165, 1.54) is 5.56 Å². The second-order valence-corrected chi connectivity index (χ2v) is 6.37. The van der Waals surface area contributed by atoms with Crippen molar-refractivity contribution in [1.29, 1.82) is 0 Å². The summed E-state index contributed by atoms with van der Waals surface area (Å²) in [6, 6.07) is 6.86. The van der Waals surface area contributed by atoms with Crippen LogP contribution in [0, 0.1) is 6.92 Å².